The van der Waals surface area contributed by atoms with E-state index in [-0.39, 0.29) is 17.6 Å². The van der Waals surface area contributed by atoms with Crippen LogP contribution in [0.15, 0.2) is 36.5 Å². The quantitative estimate of drug-likeness (QED) is 0.658. The molecule has 0 bridgehead atoms. The Labute approximate surface area is 166 Å². The molecule has 1 aromatic heterocycles. The summed E-state index contributed by atoms with van der Waals surface area (Å²) in [5.41, 5.74) is 3.02. The Morgan fingerprint density at radius 2 is 1.96 bits per heavy atom. The first kappa shape index (κ1) is 20.5. The zero-order valence-electron chi connectivity index (χ0n) is 16.2. The number of carbonyl (C=O) groups is 1. The van der Waals surface area contributed by atoms with Crippen molar-refractivity contribution in [1.29, 1.82) is 0 Å². The van der Waals surface area contributed by atoms with Crippen molar-refractivity contribution in [3.63, 3.8) is 0 Å². The third-order valence-electron chi connectivity index (χ3n) is 5.27. The molecule has 1 fully saturated rings. The summed E-state index contributed by atoms with van der Waals surface area (Å²) >= 11 is 0. The van der Waals surface area contributed by atoms with Gasteiger partial charge in [0, 0.05) is 31.2 Å². The Balaban J connectivity index is 1.40. The van der Waals surface area contributed by atoms with Gasteiger partial charge in [0.1, 0.15) is 0 Å². The minimum Gasteiger partial charge on any atom is -0.356 e. The SMILES string of the molecule is Cc1[nH]ncc1CCCNC(=O)C1CCN(S(=O)(=O)Cc2ccccc2)CC1. The van der Waals surface area contributed by atoms with E-state index in [1.165, 1.54) is 9.87 Å². The highest BCUT2D eigenvalue weighted by Gasteiger charge is 2.30. The molecule has 1 aromatic carbocycles. The second-order valence-electron chi connectivity index (χ2n) is 7.33. The molecule has 152 valence electrons. The topological polar surface area (TPSA) is 95.2 Å². The Bertz CT molecular complexity index is 872. The van der Waals surface area contributed by atoms with Crippen molar-refractivity contribution >= 4 is 15.9 Å². The number of hydrogen-bond acceptors (Lipinski definition) is 4. The van der Waals surface area contributed by atoms with Gasteiger partial charge in [-0.05, 0) is 43.7 Å². The number of hydrogen-bond donors (Lipinski definition) is 2. The average Bonchev–Trinajstić information content (AvgIpc) is 3.10. The highest BCUT2D eigenvalue weighted by Crippen LogP contribution is 2.22. The van der Waals surface area contributed by atoms with Gasteiger partial charge in [-0.1, -0.05) is 30.3 Å². The van der Waals surface area contributed by atoms with Crippen LogP contribution in [0.1, 0.15) is 36.1 Å². The van der Waals surface area contributed by atoms with Crippen LogP contribution in [0.4, 0.5) is 0 Å². The fourth-order valence-corrected chi connectivity index (χ4v) is 5.10. The van der Waals surface area contributed by atoms with Gasteiger partial charge in [0.15, 0.2) is 0 Å². The highest BCUT2D eigenvalue weighted by atomic mass is 32.2. The van der Waals surface area contributed by atoms with Gasteiger partial charge >= 0.3 is 0 Å². The van der Waals surface area contributed by atoms with E-state index in [4.69, 9.17) is 0 Å². The summed E-state index contributed by atoms with van der Waals surface area (Å²) < 4.78 is 26.7. The number of aromatic nitrogens is 2. The number of amides is 1. The number of aryl methyl sites for hydroxylation is 2. The molecule has 2 aromatic rings. The molecule has 0 saturated carbocycles. The van der Waals surface area contributed by atoms with Crippen LogP contribution in [-0.2, 0) is 27.0 Å². The zero-order chi connectivity index (χ0) is 20.0. The number of sulfonamides is 1. The number of benzene rings is 1. The Morgan fingerprint density at radius 1 is 1.25 bits per heavy atom. The maximum Gasteiger partial charge on any atom is 0.223 e. The summed E-state index contributed by atoms with van der Waals surface area (Å²) in [6, 6.07) is 9.20. The molecule has 1 amide bonds. The van der Waals surface area contributed by atoms with E-state index in [1.807, 2.05) is 43.5 Å². The number of piperidine rings is 1. The predicted molar refractivity (Wildman–Crippen MR) is 108 cm³/mol. The molecular weight excluding hydrogens is 376 g/mol. The van der Waals surface area contributed by atoms with Gasteiger partial charge in [-0.15, -0.1) is 0 Å². The average molecular weight is 405 g/mol. The van der Waals surface area contributed by atoms with Crippen LogP contribution >= 0.6 is 0 Å². The Hall–Kier alpha value is -2.19. The minimum absolute atomic E-state index is 0.0120. The molecule has 0 aliphatic carbocycles. The summed E-state index contributed by atoms with van der Waals surface area (Å²) in [6.45, 7) is 3.42. The molecule has 1 aliphatic rings. The summed E-state index contributed by atoms with van der Waals surface area (Å²) in [7, 11) is -3.34. The van der Waals surface area contributed by atoms with E-state index < -0.39 is 10.0 Å². The van der Waals surface area contributed by atoms with Crippen molar-refractivity contribution < 1.29 is 13.2 Å². The van der Waals surface area contributed by atoms with Gasteiger partial charge in [-0.2, -0.15) is 5.10 Å². The van der Waals surface area contributed by atoms with Crippen molar-refractivity contribution in [3.05, 3.63) is 53.3 Å². The second-order valence-corrected chi connectivity index (χ2v) is 9.30. The second kappa shape index (κ2) is 9.34. The molecule has 8 heteroatoms. The molecule has 1 saturated heterocycles. The van der Waals surface area contributed by atoms with Crippen molar-refractivity contribution in [2.45, 2.75) is 38.4 Å². The lowest BCUT2D eigenvalue weighted by Crippen LogP contribution is -2.43. The Morgan fingerprint density at radius 3 is 2.61 bits per heavy atom. The number of H-pyrrole nitrogens is 1. The fraction of sp³-hybridized carbons (Fsp3) is 0.500. The number of nitrogens with one attached hydrogen (secondary N) is 2. The summed E-state index contributed by atoms with van der Waals surface area (Å²) in [6.07, 6.45) is 4.69. The number of rotatable bonds is 8. The van der Waals surface area contributed by atoms with Crippen LogP contribution < -0.4 is 5.32 Å². The van der Waals surface area contributed by atoms with Crippen molar-refractivity contribution in [2.24, 2.45) is 5.92 Å². The van der Waals surface area contributed by atoms with Gasteiger partial charge in [0.2, 0.25) is 15.9 Å². The molecule has 3 rings (SSSR count). The maximum absolute atomic E-state index is 12.6. The van der Waals surface area contributed by atoms with Crippen LogP contribution in [-0.4, -0.2) is 48.5 Å². The van der Waals surface area contributed by atoms with Crippen molar-refractivity contribution in [1.82, 2.24) is 19.8 Å². The fourth-order valence-electron chi connectivity index (χ4n) is 3.53. The monoisotopic (exact) mass is 404 g/mol. The molecule has 2 heterocycles. The lowest BCUT2D eigenvalue weighted by molar-refractivity contribution is -0.126. The summed E-state index contributed by atoms with van der Waals surface area (Å²) in [4.78, 5) is 12.4. The molecule has 2 N–H and O–H groups in total. The van der Waals surface area contributed by atoms with Gasteiger partial charge < -0.3 is 5.32 Å². The number of carbonyl (C=O) groups excluding carboxylic acids is 1. The van der Waals surface area contributed by atoms with E-state index in [1.54, 1.807) is 0 Å². The third kappa shape index (κ3) is 5.42. The van der Waals surface area contributed by atoms with Crippen molar-refractivity contribution in [2.75, 3.05) is 19.6 Å². The lowest BCUT2D eigenvalue weighted by atomic mass is 9.97. The maximum atomic E-state index is 12.6. The largest absolute Gasteiger partial charge is 0.356 e. The van der Waals surface area contributed by atoms with Crippen LogP contribution in [0.3, 0.4) is 0 Å². The van der Waals surface area contributed by atoms with Crippen LogP contribution in [0.25, 0.3) is 0 Å². The van der Waals surface area contributed by atoms with E-state index >= 15 is 0 Å². The standard InChI is InChI=1S/C20H28N4O3S/c1-16-19(14-22-23-16)8-5-11-21-20(25)18-9-12-24(13-10-18)28(26,27)15-17-6-3-2-4-7-17/h2-4,6-7,14,18H,5,8-13,15H2,1H3,(H,21,25)(H,22,23). The van der Waals surface area contributed by atoms with Gasteiger partial charge in [-0.25, -0.2) is 12.7 Å². The number of nitrogens with zero attached hydrogens (tertiary/aromatic N) is 2. The van der Waals surface area contributed by atoms with Crippen LogP contribution in [0, 0.1) is 12.8 Å². The molecule has 0 spiro atoms. The van der Waals surface area contributed by atoms with Crippen LogP contribution in [0.5, 0.6) is 0 Å². The minimum atomic E-state index is -3.34. The first-order chi connectivity index (χ1) is 13.5. The third-order valence-corrected chi connectivity index (χ3v) is 7.12. The van der Waals surface area contributed by atoms with E-state index in [2.05, 4.69) is 15.5 Å². The molecule has 0 atom stereocenters. The number of aromatic amines is 1. The zero-order valence-corrected chi connectivity index (χ0v) is 17.0. The first-order valence-electron chi connectivity index (χ1n) is 9.74. The van der Waals surface area contributed by atoms with Gasteiger partial charge in [0.25, 0.3) is 0 Å². The van der Waals surface area contributed by atoms with Gasteiger partial charge in [0.05, 0.1) is 11.9 Å². The summed E-state index contributed by atoms with van der Waals surface area (Å²) in [5.74, 6) is -0.0687. The van der Waals surface area contributed by atoms with Crippen LogP contribution in [0.2, 0.25) is 0 Å². The molecular formula is C20H28N4O3S. The molecule has 7 nitrogen and oxygen atoms in total. The molecule has 0 radical (unpaired) electrons. The molecule has 28 heavy (non-hydrogen) atoms. The van der Waals surface area contributed by atoms with E-state index in [0.717, 1.165) is 24.1 Å². The molecule has 1 aliphatic heterocycles. The smallest absolute Gasteiger partial charge is 0.223 e. The predicted octanol–water partition coefficient (Wildman–Crippen LogP) is 2.01. The first-order valence-corrected chi connectivity index (χ1v) is 11.3. The lowest BCUT2D eigenvalue weighted by Gasteiger charge is -2.30. The van der Waals surface area contributed by atoms with Gasteiger partial charge in [-0.3, -0.25) is 9.89 Å². The summed E-state index contributed by atoms with van der Waals surface area (Å²) in [5, 5.41) is 9.90. The van der Waals surface area contributed by atoms with Crippen molar-refractivity contribution in [3.8, 4) is 0 Å². The van der Waals surface area contributed by atoms with E-state index in [0.29, 0.717) is 32.5 Å². The highest BCUT2D eigenvalue weighted by molar-refractivity contribution is 7.88. The Kier molecular flexibility index (Phi) is 6.85. The van der Waals surface area contributed by atoms with E-state index in [9.17, 15) is 13.2 Å². The molecule has 0 unspecified atom stereocenters. The normalized spacial score (nSPS) is 16.2.